The molecule has 1 atom stereocenters. The second kappa shape index (κ2) is 9.00. The highest BCUT2D eigenvalue weighted by Crippen LogP contribution is 2.35. The molecule has 5 rings (SSSR count). The van der Waals surface area contributed by atoms with E-state index in [0.29, 0.717) is 40.9 Å². The van der Waals surface area contributed by atoms with Gasteiger partial charge in [-0.1, -0.05) is 24.3 Å². The zero-order valence-electron chi connectivity index (χ0n) is 18.4. The minimum absolute atomic E-state index is 0.326. The van der Waals surface area contributed by atoms with Gasteiger partial charge in [-0.25, -0.2) is 14.4 Å². The molecule has 0 spiro atoms. The Morgan fingerprint density at radius 3 is 2.79 bits per heavy atom. The largest absolute Gasteiger partial charge is 0.475 e. The highest BCUT2D eigenvalue weighted by molar-refractivity contribution is 5.81. The number of nitrogens with zero attached hydrogens (tertiary/aromatic N) is 5. The van der Waals surface area contributed by atoms with E-state index in [9.17, 15) is 9.65 Å². The Hall–Kier alpha value is -3.76. The fraction of sp³-hybridized carbons (Fsp3) is 0.269. The molecule has 0 radical (unpaired) electrons. The predicted octanol–water partition coefficient (Wildman–Crippen LogP) is 4.79. The molecular formula is C26H24FN5O. The van der Waals surface area contributed by atoms with Crippen molar-refractivity contribution < 1.29 is 9.13 Å². The fourth-order valence-corrected chi connectivity index (χ4v) is 4.48. The van der Waals surface area contributed by atoms with Crippen LogP contribution in [-0.2, 0) is 0 Å². The molecule has 166 valence electrons. The maximum Gasteiger partial charge on any atom is 0.259 e. The van der Waals surface area contributed by atoms with Gasteiger partial charge in [0, 0.05) is 36.0 Å². The van der Waals surface area contributed by atoms with Gasteiger partial charge in [-0.05, 0) is 50.7 Å². The van der Waals surface area contributed by atoms with Gasteiger partial charge in [-0.15, -0.1) is 0 Å². The van der Waals surface area contributed by atoms with Crippen LogP contribution in [0.15, 0.2) is 60.9 Å². The lowest BCUT2D eigenvalue weighted by molar-refractivity contribution is 0.148. The zero-order valence-corrected chi connectivity index (χ0v) is 18.4. The van der Waals surface area contributed by atoms with E-state index >= 15 is 0 Å². The lowest BCUT2D eigenvalue weighted by Crippen LogP contribution is -2.34. The van der Waals surface area contributed by atoms with Crippen molar-refractivity contribution in [1.29, 1.82) is 5.26 Å². The van der Waals surface area contributed by atoms with Crippen LogP contribution in [0.1, 0.15) is 18.4 Å². The number of aromatic nitrogens is 3. The topological polar surface area (TPSA) is 66.5 Å². The van der Waals surface area contributed by atoms with E-state index in [-0.39, 0.29) is 5.82 Å². The summed E-state index contributed by atoms with van der Waals surface area (Å²) in [7, 11) is 2.13. The van der Waals surface area contributed by atoms with Gasteiger partial charge in [0.25, 0.3) is 5.88 Å². The van der Waals surface area contributed by atoms with Crippen LogP contribution in [0.3, 0.4) is 0 Å². The monoisotopic (exact) mass is 441 g/mol. The van der Waals surface area contributed by atoms with E-state index in [4.69, 9.17) is 9.72 Å². The highest BCUT2D eigenvalue weighted by atomic mass is 19.1. The molecule has 3 heterocycles. The Morgan fingerprint density at radius 1 is 1.18 bits per heavy atom. The summed E-state index contributed by atoms with van der Waals surface area (Å²) < 4.78 is 22.3. The Labute approximate surface area is 191 Å². The summed E-state index contributed by atoms with van der Waals surface area (Å²) in [5.41, 5.74) is 4.02. The van der Waals surface area contributed by atoms with E-state index in [1.165, 1.54) is 12.1 Å². The average Bonchev–Trinajstić information content (AvgIpc) is 3.32. The van der Waals surface area contributed by atoms with E-state index in [1.807, 2.05) is 28.8 Å². The van der Waals surface area contributed by atoms with E-state index < -0.39 is 0 Å². The lowest BCUT2D eigenvalue weighted by Gasteiger charge is -2.29. The van der Waals surface area contributed by atoms with Gasteiger partial charge >= 0.3 is 0 Å². The predicted molar refractivity (Wildman–Crippen MR) is 124 cm³/mol. The number of halogens is 1. The molecule has 0 amide bonds. The molecule has 1 aliphatic rings. The molecule has 0 bridgehead atoms. The van der Waals surface area contributed by atoms with Crippen LogP contribution >= 0.6 is 0 Å². The fourth-order valence-electron chi connectivity index (χ4n) is 4.48. The number of imidazole rings is 1. The molecule has 1 saturated heterocycles. The van der Waals surface area contributed by atoms with Gasteiger partial charge in [-0.3, -0.25) is 4.40 Å². The Balaban J connectivity index is 1.62. The maximum atomic E-state index is 14.1. The van der Waals surface area contributed by atoms with Crippen LogP contribution in [0.5, 0.6) is 5.88 Å². The Morgan fingerprint density at radius 2 is 2.03 bits per heavy atom. The molecule has 0 saturated carbocycles. The van der Waals surface area contributed by atoms with Gasteiger partial charge in [0.15, 0.2) is 0 Å². The van der Waals surface area contributed by atoms with Gasteiger partial charge in [0.1, 0.15) is 5.82 Å². The second-order valence-corrected chi connectivity index (χ2v) is 8.52. The lowest BCUT2D eigenvalue weighted by atomic mass is 10.00. The number of hydrogen-bond acceptors (Lipinski definition) is 5. The minimum Gasteiger partial charge on any atom is -0.475 e. The second-order valence-electron chi connectivity index (χ2n) is 8.52. The van der Waals surface area contributed by atoms with Crippen LogP contribution in [0, 0.1) is 23.1 Å². The molecule has 1 fully saturated rings. The number of benzene rings is 2. The van der Waals surface area contributed by atoms with E-state index in [1.54, 1.807) is 24.4 Å². The zero-order chi connectivity index (χ0) is 22.8. The normalized spacial score (nSPS) is 16.6. The summed E-state index contributed by atoms with van der Waals surface area (Å²) in [4.78, 5) is 11.7. The third kappa shape index (κ3) is 4.30. The van der Waals surface area contributed by atoms with Crippen molar-refractivity contribution in [2.45, 2.75) is 12.8 Å². The third-order valence-electron chi connectivity index (χ3n) is 6.07. The Bertz CT molecular complexity index is 1330. The molecular weight excluding hydrogens is 417 g/mol. The van der Waals surface area contributed by atoms with Crippen molar-refractivity contribution in [2.24, 2.45) is 5.92 Å². The first-order valence-electron chi connectivity index (χ1n) is 11.1. The molecule has 2 aromatic carbocycles. The van der Waals surface area contributed by atoms with E-state index in [2.05, 4.69) is 23.0 Å². The SMILES string of the molecule is CN1CCC[C@@H](COc2nc(-c3ccc(C#N)cc3)c(-c3cccc(F)c3)n3ccnc23)C1. The standard InChI is InChI=1S/C26H24FN5O/c1-31-12-3-4-19(16-31)17-33-26-25-29-11-13-32(25)24(21-5-2-6-22(27)14-21)23(30-26)20-9-7-18(15-28)8-10-20/h2,5-11,13-14,19H,3-4,12,16-17H2,1H3/t19-/m1/s1. The summed E-state index contributed by atoms with van der Waals surface area (Å²) in [6, 6.07) is 15.8. The highest BCUT2D eigenvalue weighted by Gasteiger charge is 2.22. The molecule has 6 nitrogen and oxygen atoms in total. The van der Waals surface area contributed by atoms with Crippen molar-refractivity contribution in [3.8, 4) is 34.5 Å². The molecule has 0 aliphatic carbocycles. The number of fused-ring (bicyclic) bond motifs is 1. The first-order chi connectivity index (χ1) is 16.1. The van der Waals surface area contributed by atoms with Gasteiger partial charge in [-0.2, -0.15) is 5.26 Å². The molecule has 33 heavy (non-hydrogen) atoms. The number of rotatable bonds is 5. The van der Waals surface area contributed by atoms with Crippen molar-refractivity contribution in [3.63, 3.8) is 0 Å². The quantitative estimate of drug-likeness (QED) is 0.445. The summed E-state index contributed by atoms with van der Waals surface area (Å²) in [6.07, 6.45) is 5.82. The minimum atomic E-state index is -0.326. The van der Waals surface area contributed by atoms with Crippen LogP contribution in [0.2, 0.25) is 0 Å². The maximum absolute atomic E-state index is 14.1. The molecule has 7 heteroatoms. The smallest absolute Gasteiger partial charge is 0.259 e. The molecule has 0 unspecified atom stereocenters. The van der Waals surface area contributed by atoms with Crippen molar-refractivity contribution in [2.75, 3.05) is 26.7 Å². The van der Waals surface area contributed by atoms with Crippen LogP contribution < -0.4 is 4.74 Å². The van der Waals surface area contributed by atoms with Crippen molar-refractivity contribution in [3.05, 3.63) is 72.3 Å². The Kier molecular flexibility index (Phi) is 5.76. The first kappa shape index (κ1) is 21.1. The third-order valence-corrected chi connectivity index (χ3v) is 6.07. The van der Waals surface area contributed by atoms with Crippen LogP contribution in [-0.4, -0.2) is 46.0 Å². The molecule has 1 aliphatic heterocycles. The average molecular weight is 442 g/mol. The van der Waals surface area contributed by atoms with Crippen LogP contribution in [0.25, 0.3) is 28.2 Å². The number of hydrogen-bond donors (Lipinski definition) is 0. The van der Waals surface area contributed by atoms with Crippen LogP contribution in [0.4, 0.5) is 4.39 Å². The summed E-state index contributed by atoms with van der Waals surface area (Å²) in [5.74, 6) is 0.558. The van der Waals surface area contributed by atoms with Crippen molar-refractivity contribution in [1.82, 2.24) is 19.3 Å². The molecule has 4 aromatic rings. The number of likely N-dealkylation sites (tertiary alicyclic amines) is 1. The van der Waals surface area contributed by atoms with Gasteiger partial charge in [0.2, 0.25) is 5.65 Å². The first-order valence-corrected chi connectivity index (χ1v) is 11.1. The summed E-state index contributed by atoms with van der Waals surface area (Å²) in [6.45, 7) is 2.67. The number of nitriles is 1. The summed E-state index contributed by atoms with van der Waals surface area (Å²) >= 11 is 0. The van der Waals surface area contributed by atoms with E-state index in [0.717, 1.165) is 37.2 Å². The number of piperidine rings is 1. The molecule has 2 aromatic heterocycles. The van der Waals surface area contributed by atoms with Gasteiger partial charge < -0.3 is 9.64 Å². The van der Waals surface area contributed by atoms with Gasteiger partial charge in [0.05, 0.1) is 29.6 Å². The van der Waals surface area contributed by atoms with Crippen molar-refractivity contribution >= 4 is 5.65 Å². The molecule has 0 N–H and O–H groups in total. The number of ether oxygens (including phenoxy) is 1. The summed E-state index contributed by atoms with van der Waals surface area (Å²) in [5, 5.41) is 9.19.